The number of aromatic amines is 1. The fraction of sp³-hybridized carbons (Fsp3) is 0.333. The Morgan fingerprint density at radius 1 is 1.30 bits per heavy atom. The second-order valence-corrected chi connectivity index (χ2v) is 5.66. The van der Waals surface area contributed by atoms with Crippen molar-refractivity contribution in [3.63, 3.8) is 0 Å². The molecule has 1 saturated heterocycles. The quantitative estimate of drug-likeness (QED) is 0.677. The van der Waals surface area contributed by atoms with Crippen molar-refractivity contribution in [2.45, 2.75) is 18.9 Å². The molecule has 8 nitrogen and oxygen atoms in total. The van der Waals surface area contributed by atoms with E-state index in [1.165, 1.54) is 0 Å². The van der Waals surface area contributed by atoms with Gasteiger partial charge in [-0.1, -0.05) is 17.3 Å². The Morgan fingerprint density at radius 3 is 3.04 bits per heavy atom. The SMILES string of the molecule is O=C(Nc1cccc2cn[nH]c12)c1cn(C2CCNCC2)nn1. The highest BCUT2D eigenvalue weighted by Crippen LogP contribution is 2.21. The number of piperidine rings is 1. The average molecular weight is 311 g/mol. The summed E-state index contributed by atoms with van der Waals surface area (Å²) in [4.78, 5) is 12.4. The number of hydrogen-bond acceptors (Lipinski definition) is 5. The summed E-state index contributed by atoms with van der Waals surface area (Å²) in [5.41, 5.74) is 1.80. The van der Waals surface area contributed by atoms with Crippen LogP contribution in [0.25, 0.3) is 10.9 Å². The maximum absolute atomic E-state index is 12.4. The Labute approximate surface area is 132 Å². The molecule has 0 radical (unpaired) electrons. The third-order valence-electron chi connectivity index (χ3n) is 4.15. The van der Waals surface area contributed by atoms with E-state index < -0.39 is 0 Å². The van der Waals surface area contributed by atoms with Crippen molar-refractivity contribution in [3.05, 3.63) is 36.3 Å². The zero-order valence-corrected chi connectivity index (χ0v) is 12.5. The normalized spacial score (nSPS) is 15.8. The number of anilines is 1. The minimum absolute atomic E-state index is 0.271. The predicted molar refractivity (Wildman–Crippen MR) is 85.2 cm³/mol. The van der Waals surface area contributed by atoms with Crippen molar-refractivity contribution in [1.29, 1.82) is 0 Å². The lowest BCUT2D eigenvalue weighted by atomic mass is 10.1. The zero-order chi connectivity index (χ0) is 15.6. The van der Waals surface area contributed by atoms with Gasteiger partial charge >= 0.3 is 0 Å². The topological polar surface area (TPSA) is 101 Å². The standard InChI is InChI=1S/C15H17N7O/c23-15(18-12-3-1-2-10-8-17-20-14(10)12)13-9-22(21-19-13)11-4-6-16-7-5-11/h1-3,8-9,11,16H,4-7H2,(H,17,20)(H,18,23). The molecule has 0 spiro atoms. The van der Waals surface area contributed by atoms with Gasteiger partial charge in [0.05, 0.1) is 29.6 Å². The third-order valence-corrected chi connectivity index (χ3v) is 4.15. The van der Waals surface area contributed by atoms with E-state index in [0.29, 0.717) is 17.4 Å². The fourth-order valence-electron chi connectivity index (χ4n) is 2.89. The summed E-state index contributed by atoms with van der Waals surface area (Å²) in [6.45, 7) is 1.93. The monoisotopic (exact) mass is 311 g/mol. The summed E-state index contributed by atoms with van der Waals surface area (Å²) in [6, 6.07) is 5.94. The smallest absolute Gasteiger partial charge is 0.277 e. The molecule has 0 unspecified atom stereocenters. The lowest BCUT2D eigenvalue weighted by molar-refractivity contribution is 0.102. The lowest BCUT2D eigenvalue weighted by Crippen LogP contribution is -2.29. The number of rotatable bonds is 3. The molecule has 118 valence electrons. The third kappa shape index (κ3) is 2.68. The van der Waals surface area contributed by atoms with Gasteiger partial charge in [0.25, 0.3) is 5.91 Å². The van der Waals surface area contributed by atoms with Crippen molar-refractivity contribution in [3.8, 4) is 0 Å². The van der Waals surface area contributed by atoms with Crippen LogP contribution in [0.1, 0.15) is 29.4 Å². The molecule has 4 rings (SSSR count). The highest BCUT2D eigenvalue weighted by atomic mass is 16.2. The summed E-state index contributed by atoms with van der Waals surface area (Å²) in [7, 11) is 0. The first-order valence-corrected chi connectivity index (χ1v) is 7.67. The number of para-hydroxylation sites is 1. The molecule has 1 aliphatic rings. The van der Waals surface area contributed by atoms with Gasteiger partial charge in [0.1, 0.15) is 0 Å². The molecule has 23 heavy (non-hydrogen) atoms. The van der Waals surface area contributed by atoms with Gasteiger partial charge in [0.2, 0.25) is 0 Å². The molecule has 8 heteroatoms. The predicted octanol–water partition coefficient (Wildman–Crippen LogP) is 1.33. The van der Waals surface area contributed by atoms with Crippen LogP contribution in [-0.2, 0) is 0 Å². The molecule has 0 saturated carbocycles. The Hall–Kier alpha value is -2.74. The number of carbonyl (C=O) groups excluding carboxylic acids is 1. The molecular weight excluding hydrogens is 294 g/mol. The van der Waals surface area contributed by atoms with E-state index in [-0.39, 0.29) is 5.91 Å². The van der Waals surface area contributed by atoms with E-state index in [0.717, 1.165) is 36.8 Å². The number of carbonyl (C=O) groups is 1. The average Bonchev–Trinajstić information content (AvgIpc) is 3.25. The molecule has 1 aliphatic heterocycles. The van der Waals surface area contributed by atoms with Gasteiger partial charge in [-0.05, 0) is 32.0 Å². The molecule has 3 heterocycles. The van der Waals surface area contributed by atoms with E-state index in [1.807, 2.05) is 18.2 Å². The maximum Gasteiger partial charge on any atom is 0.277 e. The summed E-state index contributed by atoms with van der Waals surface area (Å²) in [6.07, 6.45) is 5.44. The molecule has 0 aliphatic carbocycles. The number of hydrogen-bond donors (Lipinski definition) is 3. The second-order valence-electron chi connectivity index (χ2n) is 5.66. The molecule has 0 atom stereocenters. The number of fused-ring (bicyclic) bond motifs is 1. The van der Waals surface area contributed by atoms with Crippen LogP contribution >= 0.6 is 0 Å². The number of aromatic nitrogens is 5. The number of nitrogens with one attached hydrogen (secondary N) is 3. The minimum atomic E-state index is -0.271. The van der Waals surface area contributed by atoms with Crippen LogP contribution in [0, 0.1) is 0 Å². The van der Waals surface area contributed by atoms with Gasteiger partial charge in [0.15, 0.2) is 5.69 Å². The zero-order valence-electron chi connectivity index (χ0n) is 12.5. The Balaban J connectivity index is 1.53. The first-order chi connectivity index (χ1) is 11.3. The molecule has 2 aromatic heterocycles. The summed E-state index contributed by atoms with van der Waals surface area (Å²) in [5.74, 6) is -0.271. The summed E-state index contributed by atoms with van der Waals surface area (Å²) in [5, 5.41) is 22.1. The summed E-state index contributed by atoms with van der Waals surface area (Å²) < 4.78 is 1.80. The van der Waals surface area contributed by atoms with Gasteiger partial charge < -0.3 is 10.6 Å². The van der Waals surface area contributed by atoms with Crippen LogP contribution in [0.15, 0.2) is 30.6 Å². The van der Waals surface area contributed by atoms with Gasteiger partial charge in [-0.25, -0.2) is 4.68 Å². The van der Waals surface area contributed by atoms with Crippen LogP contribution in [0.2, 0.25) is 0 Å². The van der Waals surface area contributed by atoms with Crippen molar-refractivity contribution in [1.82, 2.24) is 30.5 Å². The van der Waals surface area contributed by atoms with Crippen molar-refractivity contribution >= 4 is 22.5 Å². The highest BCUT2D eigenvalue weighted by Gasteiger charge is 2.19. The van der Waals surface area contributed by atoms with Crippen molar-refractivity contribution in [2.75, 3.05) is 18.4 Å². The maximum atomic E-state index is 12.4. The van der Waals surface area contributed by atoms with Gasteiger partial charge in [-0.3, -0.25) is 9.89 Å². The largest absolute Gasteiger partial charge is 0.319 e. The molecule has 0 bridgehead atoms. The van der Waals surface area contributed by atoms with E-state index in [4.69, 9.17) is 0 Å². The van der Waals surface area contributed by atoms with E-state index >= 15 is 0 Å². The van der Waals surface area contributed by atoms with E-state index in [1.54, 1.807) is 17.1 Å². The first-order valence-electron chi connectivity index (χ1n) is 7.67. The molecule has 1 amide bonds. The van der Waals surface area contributed by atoms with Gasteiger partial charge in [0, 0.05) is 5.39 Å². The molecule has 3 N–H and O–H groups in total. The van der Waals surface area contributed by atoms with Crippen LogP contribution < -0.4 is 10.6 Å². The summed E-state index contributed by atoms with van der Waals surface area (Å²) >= 11 is 0. The van der Waals surface area contributed by atoms with Crippen LogP contribution in [0.3, 0.4) is 0 Å². The fourth-order valence-corrected chi connectivity index (χ4v) is 2.89. The molecule has 1 fully saturated rings. The Morgan fingerprint density at radius 2 is 2.17 bits per heavy atom. The molecule has 3 aromatic rings. The number of benzene rings is 1. The Bertz CT molecular complexity index is 831. The van der Waals surface area contributed by atoms with Crippen LogP contribution in [-0.4, -0.2) is 44.2 Å². The van der Waals surface area contributed by atoms with Crippen LogP contribution in [0.5, 0.6) is 0 Å². The highest BCUT2D eigenvalue weighted by molar-refractivity contribution is 6.07. The van der Waals surface area contributed by atoms with Crippen LogP contribution in [0.4, 0.5) is 5.69 Å². The lowest BCUT2D eigenvalue weighted by Gasteiger charge is -2.22. The minimum Gasteiger partial charge on any atom is -0.319 e. The molecular formula is C15H17N7O. The first kappa shape index (κ1) is 13.9. The van der Waals surface area contributed by atoms with E-state index in [9.17, 15) is 4.79 Å². The van der Waals surface area contributed by atoms with Crippen molar-refractivity contribution in [2.24, 2.45) is 0 Å². The number of amides is 1. The second kappa shape index (κ2) is 5.81. The Kier molecular flexibility index (Phi) is 3.51. The number of nitrogens with zero attached hydrogens (tertiary/aromatic N) is 4. The number of H-pyrrole nitrogens is 1. The molecule has 1 aromatic carbocycles. The van der Waals surface area contributed by atoms with Crippen molar-refractivity contribution < 1.29 is 4.79 Å². The van der Waals surface area contributed by atoms with Gasteiger partial charge in [-0.15, -0.1) is 5.10 Å². The van der Waals surface area contributed by atoms with Gasteiger partial charge in [-0.2, -0.15) is 5.10 Å². The van der Waals surface area contributed by atoms with E-state index in [2.05, 4.69) is 31.1 Å².